The highest BCUT2D eigenvalue weighted by molar-refractivity contribution is 5.89. The van der Waals surface area contributed by atoms with Gasteiger partial charge in [0.2, 0.25) is 5.91 Å². The van der Waals surface area contributed by atoms with Gasteiger partial charge in [-0.15, -0.1) is 0 Å². The van der Waals surface area contributed by atoms with Crippen molar-refractivity contribution in [2.24, 2.45) is 0 Å². The highest BCUT2D eigenvalue weighted by Crippen LogP contribution is 2.32. The second-order valence-corrected chi connectivity index (χ2v) is 6.72. The van der Waals surface area contributed by atoms with Gasteiger partial charge in [0.05, 0.1) is 11.1 Å². The van der Waals surface area contributed by atoms with E-state index < -0.39 is 11.5 Å². The van der Waals surface area contributed by atoms with Crippen molar-refractivity contribution in [3.63, 3.8) is 0 Å². The van der Waals surface area contributed by atoms with Gasteiger partial charge in [0, 0.05) is 19.6 Å². The number of carboxylic acids is 1. The zero-order valence-corrected chi connectivity index (χ0v) is 14.9. The van der Waals surface area contributed by atoms with E-state index in [-0.39, 0.29) is 23.7 Å². The Labute approximate surface area is 157 Å². The van der Waals surface area contributed by atoms with E-state index in [1.54, 1.807) is 24.3 Å². The molecule has 0 atom stereocenters. The lowest BCUT2D eigenvalue weighted by molar-refractivity contribution is -0.124. The number of carbonyl (C=O) groups is 2. The maximum absolute atomic E-state index is 13.7. The zero-order valence-electron chi connectivity index (χ0n) is 14.9. The summed E-state index contributed by atoms with van der Waals surface area (Å²) in [5, 5.41) is 12.3. The Balaban J connectivity index is 1.73. The summed E-state index contributed by atoms with van der Waals surface area (Å²) < 4.78 is 19.1. The molecule has 0 aromatic heterocycles. The standard InChI is InChI=1S/C21H22FNO4/c22-17-6-3-5-16(14-17)21(10-12-27-13-11-21)23-19(24)9-8-15-4-1-2-7-18(15)20(25)26/h1-7,14H,8-13H2,(H,23,24)(H,25,26). The average Bonchev–Trinajstić information content (AvgIpc) is 2.67. The maximum Gasteiger partial charge on any atom is 0.335 e. The lowest BCUT2D eigenvalue weighted by Crippen LogP contribution is -2.49. The van der Waals surface area contributed by atoms with E-state index in [4.69, 9.17) is 4.74 Å². The molecule has 1 amide bonds. The SMILES string of the molecule is O=C(CCc1ccccc1C(=O)O)NC1(c2cccc(F)c2)CCOCC1. The van der Waals surface area contributed by atoms with Gasteiger partial charge in [-0.1, -0.05) is 30.3 Å². The predicted octanol–water partition coefficient (Wildman–Crippen LogP) is 3.28. The quantitative estimate of drug-likeness (QED) is 0.817. The molecule has 27 heavy (non-hydrogen) atoms. The smallest absolute Gasteiger partial charge is 0.335 e. The molecule has 0 bridgehead atoms. The fourth-order valence-electron chi connectivity index (χ4n) is 3.52. The van der Waals surface area contributed by atoms with Crippen LogP contribution < -0.4 is 5.32 Å². The zero-order chi connectivity index (χ0) is 19.3. The highest BCUT2D eigenvalue weighted by atomic mass is 19.1. The number of ether oxygens (including phenoxy) is 1. The number of carbonyl (C=O) groups excluding carboxylic acids is 1. The predicted molar refractivity (Wildman–Crippen MR) is 98.0 cm³/mol. The van der Waals surface area contributed by atoms with Gasteiger partial charge in [-0.25, -0.2) is 9.18 Å². The third kappa shape index (κ3) is 4.52. The largest absolute Gasteiger partial charge is 0.478 e. The van der Waals surface area contributed by atoms with Crippen molar-refractivity contribution in [3.8, 4) is 0 Å². The minimum Gasteiger partial charge on any atom is -0.478 e. The van der Waals surface area contributed by atoms with Gasteiger partial charge in [-0.2, -0.15) is 0 Å². The first-order valence-electron chi connectivity index (χ1n) is 8.96. The molecular formula is C21H22FNO4. The van der Waals surface area contributed by atoms with Crippen LogP contribution >= 0.6 is 0 Å². The van der Waals surface area contributed by atoms with Crippen LogP contribution in [0.2, 0.25) is 0 Å². The third-order valence-electron chi connectivity index (χ3n) is 4.97. The molecule has 2 aromatic carbocycles. The monoisotopic (exact) mass is 371 g/mol. The van der Waals surface area contributed by atoms with Crippen LogP contribution in [-0.2, 0) is 21.5 Å². The molecule has 0 radical (unpaired) electrons. The molecular weight excluding hydrogens is 349 g/mol. The molecule has 6 heteroatoms. The Hall–Kier alpha value is -2.73. The summed E-state index contributed by atoms with van der Waals surface area (Å²) in [5.74, 6) is -1.55. The molecule has 3 rings (SSSR count). The van der Waals surface area contributed by atoms with Crippen molar-refractivity contribution in [1.82, 2.24) is 5.32 Å². The minimum atomic E-state index is -1.01. The van der Waals surface area contributed by atoms with Gasteiger partial charge < -0.3 is 15.2 Å². The molecule has 0 aliphatic carbocycles. The number of carboxylic acid groups (broad SMARTS) is 1. The Morgan fingerprint density at radius 3 is 2.56 bits per heavy atom. The first kappa shape index (κ1) is 19.0. The lowest BCUT2D eigenvalue weighted by atomic mass is 9.82. The number of aromatic carboxylic acids is 1. The van der Waals surface area contributed by atoms with E-state index in [1.165, 1.54) is 18.2 Å². The maximum atomic E-state index is 13.7. The van der Waals surface area contributed by atoms with Gasteiger partial charge in [0.15, 0.2) is 0 Å². The summed E-state index contributed by atoms with van der Waals surface area (Å²) in [7, 11) is 0. The molecule has 5 nitrogen and oxygen atoms in total. The number of amides is 1. The molecule has 142 valence electrons. The van der Waals surface area contributed by atoms with Crippen LogP contribution in [0.4, 0.5) is 4.39 Å². The van der Waals surface area contributed by atoms with Crippen LogP contribution in [0.25, 0.3) is 0 Å². The Morgan fingerprint density at radius 1 is 1.11 bits per heavy atom. The van der Waals surface area contributed by atoms with Crippen LogP contribution in [0.15, 0.2) is 48.5 Å². The molecule has 0 unspecified atom stereocenters. The summed E-state index contributed by atoms with van der Waals surface area (Å²) in [6.07, 6.45) is 1.61. The molecule has 0 spiro atoms. The molecule has 2 aromatic rings. The van der Waals surface area contributed by atoms with Gasteiger partial charge in [-0.05, 0) is 48.6 Å². The summed E-state index contributed by atoms with van der Waals surface area (Å²) >= 11 is 0. The molecule has 1 aliphatic heterocycles. The van der Waals surface area contributed by atoms with Gasteiger partial charge in [-0.3, -0.25) is 4.79 Å². The number of nitrogens with one attached hydrogen (secondary N) is 1. The summed E-state index contributed by atoms with van der Waals surface area (Å²) in [4.78, 5) is 23.9. The van der Waals surface area contributed by atoms with Crippen molar-refractivity contribution in [1.29, 1.82) is 0 Å². The van der Waals surface area contributed by atoms with E-state index >= 15 is 0 Å². The Bertz CT molecular complexity index is 830. The lowest BCUT2D eigenvalue weighted by Gasteiger charge is -2.38. The van der Waals surface area contributed by atoms with Gasteiger partial charge in [0.25, 0.3) is 0 Å². The van der Waals surface area contributed by atoms with Crippen molar-refractivity contribution < 1.29 is 23.8 Å². The Morgan fingerprint density at radius 2 is 1.85 bits per heavy atom. The molecule has 1 heterocycles. The molecule has 2 N–H and O–H groups in total. The number of benzene rings is 2. The number of halogens is 1. The van der Waals surface area contributed by atoms with E-state index in [2.05, 4.69) is 5.32 Å². The topological polar surface area (TPSA) is 75.6 Å². The number of hydrogen-bond acceptors (Lipinski definition) is 3. The fourth-order valence-corrected chi connectivity index (χ4v) is 3.52. The highest BCUT2D eigenvalue weighted by Gasteiger charge is 2.36. The number of rotatable bonds is 6. The van der Waals surface area contributed by atoms with E-state index in [9.17, 15) is 19.1 Å². The molecule has 1 aliphatic rings. The number of hydrogen-bond donors (Lipinski definition) is 2. The van der Waals surface area contributed by atoms with Crippen LogP contribution in [0, 0.1) is 5.82 Å². The van der Waals surface area contributed by atoms with Crippen molar-refractivity contribution in [2.75, 3.05) is 13.2 Å². The van der Waals surface area contributed by atoms with E-state index in [0.29, 0.717) is 38.0 Å². The number of aryl methyl sites for hydroxylation is 1. The molecule has 0 saturated carbocycles. The summed E-state index contributed by atoms with van der Waals surface area (Å²) in [6, 6.07) is 12.9. The minimum absolute atomic E-state index is 0.155. The molecule has 1 fully saturated rings. The third-order valence-corrected chi connectivity index (χ3v) is 4.97. The van der Waals surface area contributed by atoms with Gasteiger partial charge >= 0.3 is 5.97 Å². The second-order valence-electron chi connectivity index (χ2n) is 6.72. The van der Waals surface area contributed by atoms with E-state index in [0.717, 1.165) is 5.56 Å². The van der Waals surface area contributed by atoms with Crippen LogP contribution in [0.5, 0.6) is 0 Å². The van der Waals surface area contributed by atoms with Crippen LogP contribution in [0.3, 0.4) is 0 Å². The van der Waals surface area contributed by atoms with Crippen LogP contribution in [0.1, 0.15) is 40.7 Å². The first-order valence-corrected chi connectivity index (χ1v) is 8.96. The van der Waals surface area contributed by atoms with E-state index in [1.807, 2.05) is 6.07 Å². The second kappa shape index (κ2) is 8.31. The van der Waals surface area contributed by atoms with Crippen molar-refractivity contribution in [2.45, 2.75) is 31.2 Å². The summed E-state index contributed by atoms with van der Waals surface area (Å²) in [6.45, 7) is 0.970. The normalized spacial score (nSPS) is 15.9. The van der Waals surface area contributed by atoms with Crippen molar-refractivity contribution in [3.05, 3.63) is 71.0 Å². The molecule has 1 saturated heterocycles. The first-order chi connectivity index (χ1) is 13.0. The Kier molecular flexibility index (Phi) is 5.86. The van der Waals surface area contributed by atoms with Crippen LogP contribution in [-0.4, -0.2) is 30.2 Å². The summed E-state index contributed by atoms with van der Waals surface area (Å²) in [5.41, 5.74) is 0.886. The fraction of sp³-hybridized carbons (Fsp3) is 0.333. The average molecular weight is 371 g/mol. The van der Waals surface area contributed by atoms with Gasteiger partial charge in [0.1, 0.15) is 5.82 Å². The van der Waals surface area contributed by atoms with Crippen molar-refractivity contribution >= 4 is 11.9 Å².